The van der Waals surface area contributed by atoms with Crippen molar-refractivity contribution in [3.8, 4) is 0 Å². The van der Waals surface area contributed by atoms with Crippen molar-refractivity contribution in [1.82, 2.24) is 24.9 Å². The van der Waals surface area contributed by atoms with E-state index in [0.717, 1.165) is 90.8 Å². The van der Waals surface area contributed by atoms with Crippen LogP contribution in [0.2, 0.25) is 0 Å². The van der Waals surface area contributed by atoms with E-state index in [1.54, 1.807) is 0 Å². The summed E-state index contributed by atoms with van der Waals surface area (Å²) in [7, 11) is 0. The lowest BCUT2D eigenvalue weighted by molar-refractivity contribution is -0.138. The number of rotatable bonds is 8. The quantitative estimate of drug-likeness (QED) is 0.228. The molecule has 0 aromatic carbocycles. The number of aromatic nitrogens is 5. The van der Waals surface area contributed by atoms with Crippen molar-refractivity contribution < 1.29 is 19.8 Å². The third kappa shape index (κ3) is 5.26. The smallest absolute Gasteiger partial charge is 0.303 e. The fourth-order valence-electron chi connectivity index (χ4n) is 6.05. The summed E-state index contributed by atoms with van der Waals surface area (Å²) in [4.78, 5) is 45.0. The lowest BCUT2D eigenvalue weighted by Gasteiger charge is -2.01. The van der Waals surface area contributed by atoms with E-state index in [1.165, 1.54) is 0 Å². The molecule has 3 aromatic heterocycles. The van der Waals surface area contributed by atoms with Gasteiger partial charge in [-0.05, 0) is 116 Å². The van der Waals surface area contributed by atoms with E-state index in [4.69, 9.17) is 15.0 Å². The predicted molar refractivity (Wildman–Crippen MR) is 166 cm³/mol. The Balaban J connectivity index is 1.94. The first-order valence-corrected chi connectivity index (χ1v) is 14.5. The molecule has 9 nitrogen and oxygen atoms in total. The molecule has 0 atom stereocenters. The minimum Gasteiger partial charge on any atom is -0.481 e. The third-order valence-electron chi connectivity index (χ3n) is 8.50. The van der Waals surface area contributed by atoms with E-state index in [-0.39, 0.29) is 12.8 Å². The van der Waals surface area contributed by atoms with Gasteiger partial charge in [0, 0.05) is 34.9 Å². The molecule has 5 heterocycles. The maximum absolute atomic E-state index is 11.5. The van der Waals surface area contributed by atoms with Gasteiger partial charge in [-0.25, -0.2) is 15.0 Å². The first-order chi connectivity index (χ1) is 20.0. The summed E-state index contributed by atoms with van der Waals surface area (Å²) in [5.74, 6) is -0.430. The molecular formula is C33H37N5O4. The molecule has 218 valence electrons. The number of fused-ring (bicyclic) bond motifs is 8. The molecule has 4 N–H and O–H groups in total. The second-order valence-corrected chi connectivity index (χ2v) is 11.0. The summed E-state index contributed by atoms with van der Waals surface area (Å²) >= 11 is 0. The largest absolute Gasteiger partial charge is 0.481 e. The number of carboxylic acid groups (broad SMARTS) is 2. The van der Waals surface area contributed by atoms with Gasteiger partial charge in [-0.1, -0.05) is 13.8 Å². The average molecular weight is 568 g/mol. The van der Waals surface area contributed by atoms with E-state index < -0.39 is 11.9 Å². The molecule has 2 aliphatic heterocycles. The predicted octanol–water partition coefficient (Wildman–Crippen LogP) is 7.04. The van der Waals surface area contributed by atoms with Crippen molar-refractivity contribution in [3.05, 3.63) is 63.5 Å². The summed E-state index contributed by atoms with van der Waals surface area (Å²) < 4.78 is 0. The lowest BCUT2D eigenvalue weighted by Crippen LogP contribution is -1.98. The number of hydrogen-bond acceptors (Lipinski definition) is 5. The molecule has 9 heteroatoms. The Morgan fingerprint density at radius 1 is 0.643 bits per heavy atom. The fraction of sp³-hybridized carbons (Fsp3) is 0.364. The molecule has 2 aliphatic rings. The Labute approximate surface area is 244 Å². The number of aryl methyl sites for hydroxylation is 4. The zero-order valence-corrected chi connectivity index (χ0v) is 25.0. The third-order valence-corrected chi connectivity index (χ3v) is 8.50. The van der Waals surface area contributed by atoms with Gasteiger partial charge in [0.25, 0.3) is 0 Å². The summed E-state index contributed by atoms with van der Waals surface area (Å²) in [5.41, 5.74) is 12.9. The normalized spacial score (nSPS) is 13.3. The Morgan fingerprint density at radius 2 is 1.05 bits per heavy atom. The highest BCUT2D eigenvalue weighted by atomic mass is 16.4. The molecule has 3 aromatic rings. The Morgan fingerprint density at radius 3 is 1.40 bits per heavy atom. The number of nitrogens with zero attached hydrogens (tertiary/aromatic N) is 3. The van der Waals surface area contributed by atoms with Crippen LogP contribution in [0.4, 0.5) is 0 Å². The van der Waals surface area contributed by atoms with E-state index >= 15 is 0 Å². The number of carboxylic acids is 2. The number of allylic oxidation sites excluding steroid dienone is 4. The number of nitrogens with one attached hydrogen (secondary N) is 2. The zero-order valence-electron chi connectivity index (χ0n) is 25.0. The standard InChI is InChI=1S/C33H37N5O4/c1-7-20-18(5)32-36-26(20)13-24-16(3)22(9-11-30(39)40)28(34-24)15-29-23(10-12-31(41)42)17(4)25(35-29)14-27-21(8-2)19(6)33(37-27)38-32/h13-15,34-35H,7-12H2,1-6H3,(H,39,40)(H,41,42). The van der Waals surface area contributed by atoms with E-state index in [9.17, 15) is 19.8 Å². The highest BCUT2D eigenvalue weighted by molar-refractivity contribution is 5.93. The molecule has 0 saturated heterocycles. The van der Waals surface area contributed by atoms with Gasteiger partial charge in [-0.15, -0.1) is 0 Å². The van der Waals surface area contributed by atoms with Crippen molar-refractivity contribution >= 4 is 56.3 Å². The molecule has 5 rings (SSSR count). The van der Waals surface area contributed by atoms with Crippen LogP contribution in [0.15, 0.2) is 18.2 Å². The molecule has 0 fully saturated rings. The molecule has 0 unspecified atom stereocenters. The van der Waals surface area contributed by atoms with Crippen molar-refractivity contribution in [3.63, 3.8) is 0 Å². The number of hydrogen-bond donors (Lipinski definition) is 4. The fourth-order valence-corrected chi connectivity index (χ4v) is 6.05. The van der Waals surface area contributed by atoms with Crippen LogP contribution in [0.3, 0.4) is 0 Å². The molecule has 0 saturated carbocycles. The Bertz CT molecular complexity index is 1720. The van der Waals surface area contributed by atoms with Crippen LogP contribution in [0.1, 0.15) is 98.7 Å². The number of aliphatic carboxylic acids is 2. The lowest BCUT2D eigenvalue weighted by atomic mass is 10.0. The van der Waals surface area contributed by atoms with Crippen LogP contribution in [0, 0.1) is 13.8 Å². The van der Waals surface area contributed by atoms with Gasteiger partial charge in [0.15, 0.2) is 11.6 Å². The van der Waals surface area contributed by atoms with Crippen molar-refractivity contribution in [2.45, 2.75) is 80.1 Å². The molecule has 0 amide bonds. The molecule has 0 spiro atoms. The average Bonchev–Trinajstić information content (AvgIpc) is 3.59. The van der Waals surface area contributed by atoms with E-state index in [2.05, 4.69) is 23.8 Å². The Hall–Kier alpha value is -4.53. The highest BCUT2D eigenvalue weighted by Crippen LogP contribution is 2.35. The summed E-state index contributed by atoms with van der Waals surface area (Å²) in [6.07, 6.45) is 2.27. The molecule has 8 bridgehead atoms. The maximum Gasteiger partial charge on any atom is 0.303 e. The SMILES string of the molecule is CCC1=C(C)c2nc1cc1[nH]c(cc3[nH]c(cc4nc(n2)C(C)=C4CC)c(C)c3CCC(=O)O)c(CCC(=O)O)c1C. The second-order valence-electron chi connectivity index (χ2n) is 11.0. The van der Waals surface area contributed by atoms with E-state index in [1.807, 2.05) is 45.9 Å². The van der Waals surface area contributed by atoms with Gasteiger partial charge >= 0.3 is 11.9 Å². The van der Waals surface area contributed by atoms with Crippen molar-refractivity contribution in [1.29, 1.82) is 0 Å². The number of H-pyrrole nitrogens is 2. The first kappa shape index (κ1) is 29.0. The zero-order chi connectivity index (χ0) is 30.3. The number of carbonyl (C=O) groups is 2. The van der Waals surface area contributed by atoms with Crippen molar-refractivity contribution in [2.24, 2.45) is 0 Å². The van der Waals surface area contributed by atoms with Crippen LogP contribution < -0.4 is 0 Å². The summed E-state index contributed by atoms with van der Waals surface area (Å²) in [5, 5.41) is 18.9. The van der Waals surface area contributed by atoms with Crippen LogP contribution in [-0.4, -0.2) is 47.1 Å². The van der Waals surface area contributed by atoms with Crippen LogP contribution >= 0.6 is 0 Å². The highest BCUT2D eigenvalue weighted by Gasteiger charge is 2.22. The topological polar surface area (TPSA) is 145 Å². The van der Waals surface area contributed by atoms with E-state index in [0.29, 0.717) is 24.5 Å². The van der Waals surface area contributed by atoms with Crippen LogP contribution in [0.25, 0.3) is 44.4 Å². The molecular weight excluding hydrogens is 530 g/mol. The van der Waals surface area contributed by atoms with Gasteiger partial charge in [0.05, 0.1) is 11.4 Å². The monoisotopic (exact) mass is 567 g/mol. The first-order valence-electron chi connectivity index (χ1n) is 14.5. The second kappa shape index (κ2) is 11.4. The van der Waals surface area contributed by atoms with Crippen LogP contribution in [-0.2, 0) is 22.4 Å². The minimum atomic E-state index is -0.864. The van der Waals surface area contributed by atoms with Gasteiger partial charge < -0.3 is 20.2 Å². The molecule has 42 heavy (non-hydrogen) atoms. The van der Waals surface area contributed by atoms with Crippen molar-refractivity contribution in [2.75, 3.05) is 0 Å². The van der Waals surface area contributed by atoms with Gasteiger partial charge in [-0.2, -0.15) is 0 Å². The summed E-state index contributed by atoms with van der Waals surface area (Å²) in [6.45, 7) is 12.3. The number of aromatic amines is 2. The molecule has 0 radical (unpaired) electrons. The molecule has 0 aliphatic carbocycles. The van der Waals surface area contributed by atoms with Gasteiger partial charge in [0.1, 0.15) is 0 Å². The minimum absolute atomic E-state index is 0.00544. The summed E-state index contributed by atoms with van der Waals surface area (Å²) in [6, 6.07) is 6.02. The maximum atomic E-state index is 11.5. The van der Waals surface area contributed by atoms with Crippen LogP contribution in [0.5, 0.6) is 0 Å². The van der Waals surface area contributed by atoms with Gasteiger partial charge in [0.2, 0.25) is 0 Å². The van der Waals surface area contributed by atoms with Gasteiger partial charge in [-0.3, -0.25) is 9.59 Å². The Kier molecular flexibility index (Phi) is 7.86.